The van der Waals surface area contributed by atoms with Crippen molar-refractivity contribution in [2.24, 2.45) is 0 Å². The quantitative estimate of drug-likeness (QED) is 0.395. The van der Waals surface area contributed by atoms with E-state index in [9.17, 15) is 4.79 Å². The molecule has 4 heteroatoms. The molecule has 0 aliphatic heterocycles. The van der Waals surface area contributed by atoms with Gasteiger partial charge in [0.05, 0.1) is 14.1 Å². The molecule has 0 heterocycles. The maximum absolute atomic E-state index is 11.3. The SMILES string of the molecule is C=C(C)C(=O)OCC[N+](C)(C)Cc1ccccc1.[Cl-]. The molecule has 0 bridgehead atoms. The summed E-state index contributed by atoms with van der Waals surface area (Å²) >= 11 is 0. The molecular formula is C15H22ClNO2. The van der Waals surface area contributed by atoms with Crippen LogP contribution in [0.1, 0.15) is 12.5 Å². The van der Waals surface area contributed by atoms with Gasteiger partial charge in [0.15, 0.2) is 0 Å². The molecule has 3 nitrogen and oxygen atoms in total. The summed E-state index contributed by atoms with van der Waals surface area (Å²) in [6.07, 6.45) is 0. The Morgan fingerprint density at radius 3 is 2.37 bits per heavy atom. The van der Waals surface area contributed by atoms with Gasteiger partial charge in [0.1, 0.15) is 19.7 Å². The minimum Gasteiger partial charge on any atom is -1.00 e. The molecule has 0 saturated carbocycles. The molecule has 0 atom stereocenters. The number of halogens is 1. The molecule has 0 fully saturated rings. The molecule has 0 spiro atoms. The Morgan fingerprint density at radius 2 is 1.84 bits per heavy atom. The molecular weight excluding hydrogens is 262 g/mol. The number of likely N-dealkylation sites (N-methyl/N-ethyl adjacent to an activating group) is 1. The molecule has 0 aliphatic rings. The van der Waals surface area contributed by atoms with Gasteiger partial charge in [-0.15, -0.1) is 0 Å². The number of quaternary nitrogens is 1. The van der Waals surface area contributed by atoms with Crippen molar-refractivity contribution in [2.75, 3.05) is 27.2 Å². The summed E-state index contributed by atoms with van der Waals surface area (Å²) < 4.78 is 5.91. The number of rotatable bonds is 6. The number of carbonyl (C=O) groups excluding carboxylic acids is 1. The molecule has 19 heavy (non-hydrogen) atoms. The maximum Gasteiger partial charge on any atom is 0.333 e. The van der Waals surface area contributed by atoms with Crippen molar-refractivity contribution in [2.45, 2.75) is 13.5 Å². The van der Waals surface area contributed by atoms with Gasteiger partial charge in [-0.1, -0.05) is 36.9 Å². The molecule has 1 aromatic rings. The summed E-state index contributed by atoms with van der Waals surface area (Å²) in [6, 6.07) is 10.3. The van der Waals surface area contributed by atoms with Crippen molar-refractivity contribution >= 4 is 5.97 Å². The van der Waals surface area contributed by atoms with Crippen LogP contribution in [0.4, 0.5) is 0 Å². The second-order valence-corrected chi connectivity index (χ2v) is 5.22. The molecule has 0 N–H and O–H groups in total. The fourth-order valence-corrected chi connectivity index (χ4v) is 1.67. The van der Waals surface area contributed by atoms with E-state index >= 15 is 0 Å². The summed E-state index contributed by atoms with van der Waals surface area (Å²) in [5, 5.41) is 0. The van der Waals surface area contributed by atoms with Crippen molar-refractivity contribution in [1.29, 1.82) is 0 Å². The molecule has 1 rings (SSSR count). The number of carbonyl (C=O) groups is 1. The number of hydrogen-bond donors (Lipinski definition) is 0. The highest BCUT2D eigenvalue weighted by Crippen LogP contribution is 2.08. The van der Waals surface area contributed by atoms with Crippen molar-refractivity contribution in [3.05, 3.63) is 48.0 Å². The average Bonchev–Trinajstić information content (AvgIpc) is 2.29. The smallest absolute Gasteiger partial charge is 0.333 e. The number of benzene rings is 1. The fourth-order valence-electron chi connectivity index (χ4n) is 1.67. The van der Waals surface area contributed by atoms with E-state index in [2.05, 4.69) is 32.8 Å². The predicted molar refractivity (Wildman–Crippen MR) is 72.9 cm³/mol. The first-order valence-electron chi connectivity index (χ1n) is 6.09. The fraction of sp³-hybridized carbons (Fsp3) is 0.400. The van der Waals surface area contributed by atoms with Gasteiger partial charge in [-0.25, -0.2) is 4.79 Å². The van der Waals surface area contributed by atoms with Crippen LogP contribution in [-0.2, 0) is 16.1 Å². The number of esters is 1. The Bertz CT molecular complexity index is 415. The van der Waals surface area contributed by atoms with E-state index in [1.54, 1.807) is 6.92 Å². The molecule has 106 valence electrons. The zero-order valence-corrected chi connectivity index (χ0v) is 12.6. The van der Waals surface area contributed by atoms with Crippen LogP contribution in [0.15, 0.2) is 42.5 Å². The Hall–Kier alpha value is -1.32. The highest BCUT2D eigenvalue weighted by atomic mass is 35.5. The first-order valence-corrected chi connectivity index (χ1v) is 6.09. The van der Waals surface area contributed by atoms with Gasteiger partial charge in [0.25, 0.3) is 0 Å². The van der Waals surface area contributed by atoms with Crippen LogP contribution >= 0.6 is 0 Å². The Balaban J connectivity index is 0.00000324. The highest BCUT2D eigenvalue weighted by molar-refractivity contribution is 5.86. The molecule has 0 saturated heterocycles. The monoisotopic (exact) mass is 283 g/mol. The van der Waals surface area contributed by atoms with Crippen molar-refractivity contribution in [3.63, 3.8) is 0 Å². The minimum absolute atomic E-state index is 0. The molecule has 0 amide bonds. The van der Waals surface area contributed by atoms with Crippen LogP contribution in [0, 0.1) is 0 Å². The lowest BCUT2D eigenvalue weighted by Crippen LogP contribution is -3.00. The zero-order chi connectivity index (χ0) is 13.6. The lowest BCUT2D eigenvalue weighted by Gasteiger charge is -2.29. The minimum atomic E-state index is -0.310. The first kappa shape index (κ1) is 17.7. The van der Waals surface area contributed by atoms with Gasteiger partial charge < -0.3 is 21.6 Å². The van der Waals surface area contributed by atoms with Gasteiger partial charge in [-0.2, -0.15) is 0 Å². The highest BCUT2D eigenvalue weighted by Gasteiger charge is 2.16. The second-order valence-electron chi connectivity index (χ2n) is 5.22. The van der Waals surface area contributed by atoms with Gasteiger partial charge in [-0.05, 0) is 6.92 Å². The summed E-state index contributed by atoms with van der Waals surface area (Å²) in [7, 11) is 4.25. The normalized spacial score (nSPS) is 10.5. The van der Waals surface area contributed by atoms with Crippen molar-refractivity contribution < 1.29 is 26.4 Å². The lowest BCUT2D eigenvalue weighted by molar-refractivity contribution is -0.903. The van der Waals surface area contributed by atoms with E-state index in [1.165, 1.54) is 5.56 Å². The van der Waals surface area contributed by atoms with Crippen LogP contribution in [0.3, 0.4) is 0 Å². The molecule has 0 radical (unpaired) electrons. The van der Waals surface area contributed by atoms with Gasteiger partial charge in [0.2, 0.25) is 0 Å². The number of nitrogens with zero attached hydrogens (tertiary/aromatic N) is 1. The number of hydrogen-bond acceptors (Lipinski definition) is 2. The third kappa shape index (κ3) is 6.99. The van der Waals surface area contributed by atoms with Crippen LogP contribution in [-0.4, -0.2) is 37.7 Å². The summed E-state index contributed by atoms with van der Waals surface area (Å²) in [6.45, 7) is 7.35. The van der Waals surface area contributed by atoms with Crippen LogP contribution in [0.25, 0.3) is 0 Å². The average molecular weight is 284 g/mol. The van der Waals surface area contributed by atoms with E-state index in [4.69, 9.17) is 4.74 Å². The number of ether oxygens (including phenoxy) is 1. The van der Waals surface area contributed by atoms with E-state index < -0.39 is 0 Å². The third-order valence-corrected chi connectivity index (χ3v) is 2.73. The standard InChI is InChI=1S/C15H22NO2.ClH/c1-13(2)15(17)18-11-10-16(3,4)12-14-8-6-5-7-9-14;/h5-9H,1,10-12H2,2-4H3;1H/q+1;/p-1. The largest absolute Gasteiger partial charge is 1.00 e. The zero-order valence-electron chi connectivity index (χ0n) is 11.9. The third-order valence-electron chi connectivity index (χ3n) is 2.73. The molecule has 0 aromatic heterocycles. The summed E-state index contributed by atoms with van der Waals surface area (Å²) in [5.41, 5.74) is 1.73. The van der Waals surface area contributed by atoms with Crippen LogP contribution in [0.5, 0.6) is 0 Å². The topological polar surface area (TPSA) is 26.3 Å². The Kier molecular flexibility index (Phi) is 7.42. The summed E-state index contributed by atoms with van der Waals surface area (Å²) in [4.78, 5) is 11.3. The van der Waals surface area contributed by atoms with E-state index in [-0.39, 0.29) is 18.4 Å². The molecule has 1 aromatic carbocycles. The van der Waals surface area contributed by atoms with Gasteiger partial charge in [0, 0.05) is 11.1 Å². The molecule has 0 aliphatic carbocycles. The summed E-state index contributed by atoms with van der Waals surface area (Å²) in [5.74, 6) is -0.310. The van der Waals surface area contributed by atoms with Crippen LogP contribution in [0.2, 0.25) is 0 Å². The van der Waals surface area contributed by atoms with Crippen molar-refractivity contribution in [1.82, 2.24) is 0 Å². The van der Waals surface area contributed by atoms with Gasteiger partial charge in [-0.3, -0.25) is 0 Å². The first-order chi connectivity index (χ1) is 8.41. The van der Waals surface area contributed by atoms with E-state index in [0.717, 1.165) is 17.6 Å². The Morgan fingerprint density at radius 1 is 1.26 bits per heavy atom. The second kappa shape index (κ2) is 7.97. The van der Waals surface area contributed by atoms with Gasteiger partial charge >= 0.3 is 5.97 Å². The predicted octanol–water partition coefficient (Wildman–Crippen LogP) is -0.614. The maximum atomic E-state index is 11.3. The van der Waals surface area contributed by atoms with E-state index in [1.807, 2.05) is 18.2 Å². The lowest BCUT2D eigenvalue weighted by atomic mass is 10.2. The van der Waals surface area contributed by atoms with Crippen molar-refractivity contribution in [3.8, 4) is 0 Å². The van der Waals surface area contributed by atoms with Crippen LogP contribution < -0.4 is 12.4 Å². The molecule has 0 unspecified atom stereocenters. The Labute approximate surface area is 121 Å². The van der Waals surface area contributed by atoms with E-state index in [0.29, 0.717) is 12.2 Å².